The molecule has 1 rings (SSSR count). The number of ether oxygens (including phenoxy) is 1. The van der Waals surface area contributed by atoms with Gasteiger partial charge in [0.1, 0.15) is 12.4 Å². The second-order valence-electron chi connectivity index (χ2n) is 3.96. The van der Waals surface area contributed by atoms with Gasteiger partial charge in [-0.1, -0.05) is 17.7 Å². The van der Waals surface area contributed by atoms with Crippen molar-refractivity contribution >= 4 is 23.5 Å². The first kappa shape index (κ1) is 15.3. The van der Waals surface area contributed by atoms with Crippen LogP contribution in [0.15, 0.2) is 24.3 Å². The normalized spacial score (nSPS) is 10.3. The van der Waals surface area contributed by atoms with E-state index in [9.17, 15) is 9.59 Å². The Morgan fingerprint density at radius 3 is 2.84 bits per heavy atom. The number of rotatable bonds is 6. The van der Waals surface area contributed by atoms with Gasteiger partial charge in [0.15, 0.2) is 0 Å². The highest BCUT2D eigenvalue weighted by molar-refractivity contribution is 6.30. The van der Waals surface area contributed by atoms with Gasteiger partial charge in [-0.3, -0.25) is 15.0 Å². The van der Waals surface area contributed by atoms with E-state index in [2.05, 4.69) is 0 Å². The summed E-state index contributed by atoms with van der Waals surface area (Å²) in [5.41, 5.74) is 4.83. The van der Waals surface area contributed by atoms with Crippen LogP contribution in [0, 0.1) is 0 Å². The average Bonchev–Trinajstić information content (AvgIpc) is 2.27. The van der Waals surface area contributed by atoms with Gasteiger partial charge in [0, 0.05) is 11.6 Å². The largest absolute Gasteiger partial charge is 0.492 e. The topological polar surface area (TPSA) is 84.7 Å². The number of likely N-dealkylation sites (N-methyl/N-ethyl adjacent to an activating group) is 1. The number of benzene rings is 1. The van der Waals surface area contributed by atoms with E-state index in [-0.39, 0.29) is 6.54 Å². The van der Waals surface area contributed by atoms with Crippen molar-refractivity contribution < 1.29 is 14.3 Å². The van der Waals surface area contributed by atoms with Gasteiger partial charge in [0.05, 0.1) is 6.54 Å². The lowest BCUT2D eigenvalue weighted by atomic mass is 10.3. The first-order valence-electron chi connectivity index (χ1n) is 5.63. The van der Waals surface area contributed by atoms with Gasteiger partial charge >= 0.3 is 6.03 Å². The van der Waals surface area contributed by atoms with Crippen molar-refractivity contribution in [2.75, 3.05) is 26.7 Å². The molecular formula is C12H16ClN3O3. The van der Waals surface area contributed by atoms with E-state index in [1.54, 1.807) is 36.2 Å². The molecule has 1 aromatic rings. The van der Waals surface area contributed by atoms with Crippen molar-refractivity contribution in [3.8, 4) is 5.75 Å². The molecule has 0 fully saturated rings. The Morgan fingerprint density at radius 2 is 2.21 bits per heavy atom. The number of nitrogens with zero attached hydrogens (tertiary/aromatic N) is 1. The predicted molar refractivity (Wildman–Crippen MR) is 72.2 cm³/mol. The van der Waals surface area contributed by atoms with E-state index in [1.165, 1.54) is 0 Å². The molecule has 7 heteroatoms. The smallest absolute Gasteiger partial charge is 0.318 e. The molecule has 0 unspecified atom stereocenters. The Balaban J connectivity index is 2.25. The average molecular weight is 286 g/mol. The maximum absolute atomic E-state index is 11.2. The first-order chi connectivity index (χ1) is 8.97. The number of carbonyl (C=O) groups excluding carboxylic acids is 2. The molecule has 0 aliphatic rings. The van der Waals surface area contributed by atoms with Crippen molar-refractivity contribution in [1.82, 2.24) is 10.2 Å². The second-order valence-corrected chi connectivity index (χ2v) is 4.39. The molecule has 0 spiro atoms. The van der Waals surface area contributed by atoms with Gasteiger partial charge < -0.3 is 10.5 Å². The molecular weight excluding hydrogens is 270 g/mol. The van der Waals surface area contributed by atoms with Gasteiger partial charge in [-0.2, -0.15) is 0 Å². The molecule has 0 heterocycles. The summed E-state index contributed by atoms with van der Waals surface area (Å²) in [6.07, 6.45) is 0. The Kier molecular flexibility index (Phi) is 6.11. The molecule has 6 nitrogen and oxygen atoms in total. The maximum Gasteiger partial charge on any atom is 0.318 e. The molecule has 0 saturated carbocycles. The second kappa shape index (κ2) is 7.60. The summed E-state index contributed by atoms with van der Waals surface area (Å²) < 4.78 is 5.47. The highest BCUT2D eigenvalue weighted by atomic mass is 35.5. The van der Waals surface area contributed by atoms with Crippen LogP contribution < -0.4 is 15.8 Å². The Hall–Kier alpha value is -1.79. The summed E-state index contributed by atoms with van der Waals surface area (Å²) in [5, 5.41) is 2.59. The van der Waals surface area contributed by atoms with Crippen LogP contribution in [-0.2, 0) is 4.79 Å². The highest BCUT2D eigenvalue weighted by Crippen LogP contribution is 2.16. The van der Waals surface area contributed by atoms with Crippen LogP contribution in [0.25, 0.3) is 0 Å². The van der Waals surface area contributed by atoms with Crippen LogP contribution in [0.4, 0.5) is 4.79 Å². The van der Waals surface area contributed by atoms with E-state index in [0.717, 1.165) is 0 Å². The number of hydrogen-bond donors (Lipinski definition) is 2. The Bertz CT molecular complexity index is 454. The maximum atomic E-state index is 11.2. The summed E-state index contributed by atoms with van der Waals surface area (Å²) in [4.78, 5) is 23.4. The zero-order valence-electron chi connectivity index (χ0n) is 10.6. The van der Waals surface area contributed by atoms with E-state index in [4.69, 9.17) is 22.1 Å². The van der Waals surface area contributed by atoms with Crippen LogP contribution in [0.2, 0.25) is 5.02 Å². The Morgan fingerprint density at radius 1 is 1.47 bits per heavy atom. The van der Waals surface area contributed by atoms with Crippen molar-refractivity contribution in [3.63, 3.8) is 0 Å². The fourth-order valence-corrected chi connectivity index (χ4v) is 1.56. The van der Waals surface area contributed by atoms with Gasteiger partial charge in [-0.15, -0.1) is 0 Å². The number of carbonyl (C=O) groups is 2. The van der Waals surface area contributed by atoms with Crippen molar-refractivity contribution in [2.24, 2.45) is 5.73 Å². The number of urea groups is 1. The molecule has 0 aliphatic heterocycles. The molecule has 0 radical (unpaired) electrons. The fraction of sp³-hybridized carbons (Fsp3) is 0.333. The minimum absolute atomic E-state index is 0.0713. The summed E-state index contributed by atoms with van der Waals surface area (Å²) >= 11 is 5.82. The van der Waals surface area contributed by atoms with E-state index in [1.807, 2.05) is 5.32 Å². The third kappa shape index (κ3) is 6.64. The molecule has 104 valence electrons. The molecule has 3 amide bonds. The zero-order chi connectivity index (χ0) is 14.3. The number of imide groups is 1. The minimum Gasteiger partial charge on any atom is -0.492 e. The van der Waals surface area contributed by atoms with Crippen LogP contribution >= 0.6 is 11.6 Å². The Labute approximate surface area is 116 Å². The molecule has 0 atom stereocenters. The quantitative estimate of drug-likeness (QED) is 0.811. The van der Waals surface area contributed by atoms with Crippen LogP contribution in [-0.4, -0.2) is 43.6 Å². The van der Waals surface area contributed by atoms with E-state index >= 15 is 0 Å². The number of halogens is 1. The molecule has 0 aliphatic carbocycles. The number of nitrogens with two attached hydrogens (primary N) is 1. The third-order valence-electron chi connectivity index (χ3n) is 2.21. The zero-order valence-corrected chi connectivity index (χ0v) is 11.3. The summed E-state index contributed by atoms with van der Waals surface area (Å²) in [6.45, 7) is 1.00. The first-order valence-corrected chi connectivity index (χ1v) is 6.01. The van der Waals surface area contributed by atoms with Crippen LogP contribution in [0.1, 0.15) is 0 Å². The summed E-state index contributed by atoms with van der Waals surface area (Å²) in [5.74, 6) is 0.222. The molecule has 19 heavy (non-hydrogen) atoms. The minimum atomic E-state index is -0.853. The van der Waals surface area contributed by atoms with Gasteiger partial charge in [-0.25, -0.2) is 4.79 Å². The van der Waals surface area contributed by atoms with Gasteiger partial charge in [-0.05, 0) is 25.2 Å². The number of amides is 3. The fourth-order valence-electron chi connectivity index (χ4n) is 1.38. The monoisotopic (exact) mass is 285 g/mol. The molecule has 0 aromatic heterocycles. The van der Waals surface area contributed by atoms with E-state index < -0.39 is 11.9 Å². The standard InChI is InChI=1S/C12H16ClN3O3/c1-16(8-11(17)15-12(14)18)5-6-19-10-4-2-3-9(13)7-10/h2-4,7H,5-6,8H2,1H3,(H3,14,15,17,18). The predicted octanol–water partition coefficient (Wildman–Crippen LogP) is 0.846. The number of primary amides is 1. The van der Waals surface area contributed by atoms with Crippen LogP contribution in [0.5, 0.6) is 5.75 Å². The molecule has 0 saturated heterocycles. The van der Waals surface area contributed by atoms with Crippen molar-refractivity contribution in [2.45, 2.75) is 0 Å². The molecule has 1 aromatic carbocycles. The van der Waals surface area contributed by atoms with Crippen molar-refractivity contribution in [3.05, 3.63) is 29.3 Å². The lowest BCUT2D eigenvalue weighted by Gasteiger charge is -2.16. The lowest BCUT2D eigenvalue weighted by molar-refractivity contribution is -0.120. The summed E-state index contributed by atoms with van der Waals surface area (Å²) in [7, 11) is 1.74. The molecule has 0 bridgehead atoms. The number of hydrogen-bond acceptors (Lipinski definition) is 4. The number of nitrogens with one attached hydrogen (secondary N) is 1. The van der Waals surface area contributed by atoms with Gasteiger partial charge in [0.25, 0.3) is 0 Å². The van der Waals surface area contributed by atoms with Crippen molar-refractivity contribution in [1.29, 1.82) is 0 Å². The SMILES string of the molecule is CN(CCOc1cccc(Cl)c1)CC(=O)NC(N)=O. The highest BCUT2D eigenvalue weighted by Gasteiger charge is 2.08. The molecule has 3 N–H and O–H groups in total. The third-order valence-corrected chi connectivity index (χ3v) is 2.45. The van der Waals surface area contributed by atoms with E-state index in [0.29, 0.717) is 23.9 Å². The van der Waals surface area contributed by atoms with Gasteiger partial charge in [0.2, 0.25) is 5.91 Å². The summed E-state index contributed by atoms with van der Waals surface area (Å²) in [6, 6.07) is 6.21. The van der Waals surface area contributed by atoms with Crippen LogP contribution in [0.3, 0.4) is 0 Å². The lowest BCUT2D eigenvalue weighted by Crippen LogP contribution is -2.42.